The van der Waals surface area contributed by atoms with Crippen molar-refractivity contribution in [2.45, 2.75) is 6.54 Å². The maximum absolute atomic E-state index is 8.05. The van der Waals surface area contributed by atoms with Crippen LogP contribution in [0.4, 0.5) is 0 Å². The Labute approximate surface area is 152 Å². The van der Waals surface area contributed by atoms with Crippen molar-refractivity contribution >= 4 is 34.4 Å². The van der Waals surface area contributed by atoms with Crippen LogP contribution in [0.15, 0.2) is 36.8 Å². The van der Waals surface area contributed by atoms with Crippen LogP contribution in [0.25, 0.3) is 22.7 Å². The topological polar surface area (TPSA) is 88.2 Å². The lowest BCUT2D eigenvalue weighted by Crippen LogP contribution is -2.13. The van der Waals surface area contributed by atoms with Crippen molar-refractivity contribution in [3.05, 3.63) is 57.9 Å². The molecule has 9 heteroatoms. The molecule has 0 aliphatic carbocycles. The Balaban J connectivity index is 1.88. The van der Waals surface area contributed by atoms with Gasteiger partial charge in [0, 0.05) is 28.9 Å². The summed E-state index contributed by atoms with van der Waals surface area (Å²) in [6, 6.07) is 7.23. The summed E-state index contributed by atoms with van der Waals surface area (Å²) in [4.78, 5) is 11.9. The molecule has 0 spiro atoms. The highest BCUT2D eigenvalue weighted by molar-refractivity contribution is 6.36. The van der Waals surface area contributed by atoms with Crippen LogP contribution in [0.3, 0.4) is 0 Å². The Hall–Kier alpha value is -2.64. The van der Waals surface area contributed by atoms with Crippen molar-refractivity contribution < 1.29 is 0 Å². The number of hydrogen-bond donors (Lipinski definition) is 2. The van der Waals surface area contributed by atoms with Gasteiger partial charge in [-0.1, -0.05) is 29.3 Å². The fourth-order valence-corrected chi connectivity index (χ4v) is 3.20. The van der Waals surface area contributed by atoms with E-state index in [-0.39, 0.29) is 5.49 Å². The molecule has 0 saturated carbocycles. The Morgan fingerprint density at radius 2 is 1.96 bits per heavy atom. The third kappa shape index (κ3) is 2.71. The summed E-state index contributed by atoms with van der Waals surface area (Å²) in [7, 11) is 1.83. The zero-order valence-electron chi connectivity index (χ0n) is 13.2. The minimum absolute atomic E-state index is 0.123. The van der Waals surface area contributed by atoms with Gasteiger partial charge >= 0.3 is 0 Å². The van der Waals surface area contributed by atoms with E-state index in [0.29, 0.717) is 33.6 Å². The number of hydrogen-bond acceptors (Lipinski definition) is 4. The molecule has 0 saturated heterocycles. The number of aromatic amines is 1. The second-order valence-corrected chi connectivity index (χ2v) is 6.36. The van der Waals surface area contributed by atoms with E-state index in [1.807, 2.05) is 17.7 Å². The Bertz CT molecular complexity index is 1120. The van der Waals surface area contributed by atoms with Gasteiger partial charge in [0.15, 0.2) is 17.0 Å². The summed E-state index contributed by atoms with van der Waals surface area (Å²) >= 11 is 12.5. The molecule has 25 heavy (non-hydrogen) atoms. The van der Waals surface area contributed by atoms with Crippen LogP contribution >= 0.6 is 23.2 Å². The number of aromatic nitrogens is 6. The third-order valence-electron chi connectivity index (χ3n) is 3.97. The molecule has 0 amide bonds. The molecule has 0 aliphatic heterocycles. The number of aryl methyl sites for hydroxylation is 1. The normalized spacial score (nSPS) is 11.3. The van der Waals surface area contributed by atoms with Crippen LogP contribution in [0.2, 0.25) is 10.0 Å². The van der Waals surface area contributed by atoms with Gasteiger partial charge < -0.3 is 9.55 Å². The van der Waals surface area contributed by atoms with Gasteiger partial charge in [0.1, 0.15) is 11.2 Å². The molecule has 0 bridgehead atoms. The molecule has 0 radical (unpaired) electrons. The molecule has 2 N–H and O–H groups in total. The van der Waals surface area contributed by atoms with Crippen LogP contribution in [-0.2, 0) is 13.6 Å². The lowest BCUT2D eigenvalue weighted by Gasteiger charge is -2.10. The lowest BCUT2D eigenvalue weighted by atomic mass is 10.2. The van der Waals surface area contributed by atoms with Crippen molar-refractivity contribution in [3.8, 4) is 11.5 Å². The number of benzene rings is 1. The molecule has 3 heterocycles. The smallest absolute Gasteiger partial charge is 0.173 e. The number of H-pyrrole nitrogens is 1. The Morgan fingerprint density at radius 1 is 1.20 bits per heavy atom. The minimum Gasteiger partial charge on any atom is -0.332 e. The average molecular weight is 374 g/mol. The average Bonchev–Trinajstić information content (AvgIpc) is 3.19. The molecular weight excluding hydrogens is 361 g/mol. The summed E-state index contributed by atoms with van der Waals surface area (Å²) in [5.74, 6) is 0.621. The van der Waals surface area contributed by atoms with E-state index >= 15 is 0 Å². The molecular formula is C16H13Cl2N7. The van der Waals surface area contributed by atoms with Crippen molar-refractivity contribution in [2.24, 2.45) is 7.05 Å². The quantitative estimate of drug-likeness (QED) is 0.578. The van der Waals surface area contributed by atoms with Crippen LogP contribution in [0, 0.1) is 5.41 Å². The van der Waals surface area contributed by atoms with E-state index in [1.165, 1.54) is 0 Å². The van der Waals surface area contributed by atoms with E-state index in [2.05, 4.69) is 20.1 Å². The molecule has 7 nitrogen and oxygen atoms in total. The van der Waals surface area contributed by atoms with Gasteiger partial charge in [-0.3, -0.25) is 10.1 Å². The van der Waals surface area contributed by atoms with Gasteiger partial charge in [0.05, 0.1) is 12.9 Å². The lowest BCUT2D eigenvalue weighted by molar-refractivity contribution is 0.770. The fourth-order valence-electron chi connectivity index (χ4n) is 2.68. The first-order chi connectivity index (χ1) is 12.0. The van der Waals surface area contributed by atoms with E-state index in [0.717, 1.165) is 11.3 Å². The number of nitrogens with one attached hydrogen (secondary N) is 2. The highest BCUT2D eigenvalue weighted by Crippen LogP contribution is 2.26. The zero-order valence-corrected chi connectivity index (χ0v) is 14.7. The van der Waals surface area contributed by atoms with Gasteiger partial charge in [-0.2, -0.15) is 5.10 Å². The molecule has 1 aromatic carbocycles. The number of halogens is 2. The van der Waals surface area contributed by atoms with Gasteiger partial charge in [0.25, 0.3) is 0 Å². The van der Waals surface area contributed by atoms with Crippen molar-refractivity contribution in [2.75, 3.05) is 0 Å². The second kappa shape index (κ2) is 6.02. The summed E-state index contributed by atoms with van der Waals surface area (Å²) in [6.07, 6.45) is 3.26. The number of nitrogens with zero attached hydrogens (tertiary/aromatic N) is 5. The third-order valence-corrected chi connectivity index (χ3v) is 4.68. The molecule has 0 aliphatic rings. The zero-order chi connectivity index (χ0) is 17.6. The highest BCUT2D eigenvalue weighted by atomic mass is 35.5. The van der Waals surface area contributed by atoms with Crippen molar-refractivity contribution in [3.63, 3.8) is 0 Å². The largest absolute Gasteiger partial charge is 0.332 e. The minimum atomic E-state index is 0.123. The molecule has 3 aromatic heterocycles. The van der Waals surface area contributed by atoms with Crippen molar-refractivity contribution in [1.29, 1.82) is 5.41 Å². The van der Waals surface area contributed by atoms with Gasteiger partial charge in [0.2, 0.25) is 0 Å². The summed E-state index contributed by atoms with van der Waals surface area (Å²) in [5.41, 5.74) is 2.87. The monoisotopic (exact) mass is 373 g/mol. The molecule has 0 fully saturated rings. The molecule has 4 aromatic rings. The van der Waals surface area contributed by atoms with E-state index in [1.54, 1.807) is 35.4 Å². The molecule has 0 unspecified atom stereocenters. The Kier molecular flexibility index (Phi) is 3.82. The maximum Gasteiger partial charge on any atom is 0.173 e. The first-order valence-corrected chi connectivity index (χ1v) is 8.21. The predicted molar refractivity (Wildman–Crippen MR) is 95.5 cm³/mol. The first-order valence-electron chi connectivity index (χ1n) is 7.45. The van der Waals surface area contributed by atoms with Crippen LogP contribution in [0.1, 0.15) is 5.56 Å². The maximum atomic E-state index is 8.05. The first kappa shape index (κ1) is 15.9. The molecule has 4 rings (SSSR count). The second-order valence-electron chi connectivity index (χ2n) is 5.55. The predicted octanol–water partition coefficient (Wildman–Crippen LogP) is 2.99. The van der Waals surface area contributed by atoms with E-state index < -0.39 is 0 Å². The van der Waals surface area contributed by atoms with E-state index in [9.17, 15) is 0 Å². The van der Waals surface area contributed by atoms with Gasteiger partial charge in [-0.25, -0.2) is 9.97 Å². The van der Waals surface area contributed by atoms with Crippen LogP contribution in [-0.4, -0.2) is 29.3 Å². The fraction of sp³-hybridized carbons (Fsp3) is 0.125. The molecule has 126 valence electrons. The summed E-state index contributed by atoms with van der Waals surface area (Å²) in [5, 5.41) is 13.3. The Morgan fingerprint density at radius 3 is 2.64 bits per heavy atom. The standard InChI is InChI=1S/C16H13Cl2N7/c1-24-12(5-6-21-24)15-22-13-14(19)20-8-25(16(13)23-15)7-9-10(17)3-2-4-11(9)18/h2-6,8,19H,7H2,1H3,(H,22,23). The SMILES string of the molecule is Cn1nccc1-c1nc2c([nH]1)c(=N)ncn2Cc1c(Cl)cccc1Cl. The number of fused-ring (bicyclic) bond motifs is 1. The van der Waals surface area contributed by atoms with Gasteiger partial charge in [-0.15, -0.1) is 0 Å². The number of imidazole rings is 1. The van der Waals surface area contributed by atoms with Crippen LogP contribution < -0.4 is 5.49 Å². The van der Waals surface area contributed by atoms with Gasteiger partial charge in [-0.05, 0) is 18.2 Å². The summed E-state index contributed by atoms with van der Waals surface area (Å²) < 4.78 is 3.53. The highest BCUT2D eigenvalue weighted by Gasteiger charge is 2.14. The van der Waals surface area contributed by atoms with Crippen LogP contribution in [0.5, 0.6) is 0 Å². The van der Waals surface area contributed by atoms with E-state index in [4.69, 9.17) is 28.6 Å². The molecule has 0 atom stereocenters. The number of rotatable bonds is 3. The summed E-state index contributed by atoms with van der Waals surface area (Å²) in [6.45, 7) is 0.401. The van der Waals surface area contributed by atoms with Crippen molar-refractivity contribution in [1.82, 2.24) is 29.3 Å².